The van der Waals surface area contributed by atoms with E-state index < -0.39 is 11.9 Å². The minimum atomic E-state index is -0.896. The highest BCUT2D eigenvalue weighted by atomic mass is 16.4. The first-order valence-electron chi connectivity index (χ1n) is 13.0. The van der Waals surface area contributed by atoms with Gasteiger partial charge in [-0.3, -0.25) is 14.6 Å². The van der Waals surface area contributed by atoms with Crippen LogP contribution in [0.15, 0.2) is 114 Å². The van der Waals surface area contributed by atoms with Crippen molar-refractivity contribution in [3.05, 3.63) is 126 Å². The second-order valence-electron chi connectivity index (χ2n) is 9.02. The fourth-order valence-corrected chi connectivity index (χ4v) is 4.04. The van der Waals surface area contributed by atoms with Crippen LogP contribution in [0.4, 0.5) is 5.69 Å². The third kappa shape index (κ3) is 8.53. The number of rotatable bonds is 9. The fourth-order valence-electron chi connectivity index (χ4n) is 4.04. The first-order valence-corrected chi connectivity index (χ1v) is 13.0. The molecule has 4 aromatic rings. The Morgan fingerprint density at radius 1 is 0.725 bits per heavy atom. The van der Waals surface area contributed by atoms with Crippen molar-refractivity contribution in [3.63, 3.8) is 0 Å². The van der Waals surface area contributed by atoms with Gasteiger partial charge in [-0.15, -0.1) is 0 Å². The van der Waals surface area contributed by atoms with Crippen LogP contribution in [0, 0.1) is 0 Å². The topological polar surface area (TPSA) is 99.0 Å². The number of hydrogen-bond donors (Lipinski definition) is 3. The molecule has 0 amide bonds. The molecule has 0 fully saturated rings. The fraction of sp³-hybridized carbons (Fsp3) is 0.147. The maximum absolute atomic E-state index is 11.0. The molecular weight excluding hydrogens is 500 g/mol. The zero-order valence-corrected chi connectivity index (χ0v) is 23.0. The highest BCUT2D eigenvalue weighted by Gasteiger charge is 2.12. The van der Waals surface area contributed by atoms with Crippen molar-refractivity contribution in [1.82, 2.24) is 0 Å². The maximum atomic E-state index is 11.0. The highest BCUT2D eigenvalue weighted by Crippen LogP contribution is 2.31. The summed E-state index contributed by atoms with van der Waals surface area (Å²) >= 11 is 0. The van der Waals surface area contributed by atoms with Gasteiger partial charge in [0, 0.05) is 28.9 Å². The molecule has 40 heavy (non-hydrogen) atoms. The second-order valence-corrected chi connectivity index (χ2v) is 9.02. The van der Waals surface area contributed by atoms with Gasteiger partial charge in [0.25, 0.3) is 0 Å². The first kappa shape index (κ1) is 29.6. The molecule has 0 heterocycles. The van der Waals surface area contributed by atoms with Crippen LogP contribution < -0.4 is 5.32 Å². The molecular formula is C34H34N2O4. The minimum Gasteiger partial charge on any atom is -0.481 e. The van der Waals surface area contributed by atoms with Crippen molar-refractivity contribution in [1.29, 1.82) is 0 Å². The Hall–Kier alpha value is -4.97. The number of nitrogens with zero attached hydrogens (tertiary/aromatic N) is 1. The Kier molecular flexibility index (Phi) is 11.0. The molecule has 4 aromatic carbocycles. The van der Waals surface area contributed by atoms with E-state index in [0.29, 0.717) is 0 Å². The highest BCUT2D eigenvalue weighted by molar-refractivity contribution is 6.08. The summed E-state index contributed by atoms with van der Waals surface area (Å²) < 4.78 is 0. The van der Waals surface area contributed by atoms with Crippen molar-refractivity contribution in [2.75, 3.05) is 11.9 Å². The van der Waals surface area contributed by atoms with E-state index in [9.17, 15) is 9.59 Å². The number of carboxylic acid groups (broad SMARTS) is 2. The van der Waals surface area contributed by atoms with Crippen LogP contribution in [0.5, 0.6) is 0 Å². The summed E-state index contributed by atoms with van der Waals surface area (Å²) in [6.45, 7) is 5.61. The predicted molar refractivity (Wildman–Crippen MR) is 164 cm³/mol. The number of nitrogens with one attached hydrogen (secondary N) is 1. The molecule has 0 saturated carbocycles. The van der Waals surface area contributed by atoms with Gasteiger partial charge in [-0.05, 0) is 48.2 Å². The summed E-state index contributed by atoms with van der Waals surface area (Å²) in [6, 6.07) is 36.5. The zero-order valence-electron chi connectivity index (χ0n) is 23.0. The van der Waals surface area contributed by atoms with Gasteiger partial charge in [0.05, 0.1) is 5.70 Å². The van der Waals surface area contributed by atoms with Crippen LogP contribution in [0.2, 0.25) is 0 Å². The third-order valence-corrected chi connectivity index (χ3v) is 6.13. The lowest BCUT2D eigenvalue weighted by atomic mass is 9.96. The molecule has 0 aliphatic rings. The van der Waals surface area contributed by atoms with Crippen molar-refractivity contribution in [2.45, 2.75) is 27.2 Å². The molecule has 0 aliphatic heterocycles. The largest absolute Gasteiger partial charge is 0.481 e. The van der Waals surface area contributed by atoms with Gasteiger partial charge in [0.15, 0.2) is 0 Å². The van der Waals surface area contributed by atoms with Gasteiger partial charge >= 0.3 is 11.9 Å². The number of carboxylic acids is 2. The van der Waals surface area contributed by atoms with Gasteiger partial charge in [0.1, 0.15) is 6.54 Å². The van der Waals surface area contributed by atoms with Crippen LogP contribution in [-0.4, -0.2) is 34.4 Å². The molecule has 0 unspecified atom stereocenters. The molecule has 0 aliphatic carbocycles. The lowest BCUT2D eigenvalue weighted by Gasteiger charge is -2.14. The van der Waals surface area contributed by atoms with Gasteiger partial charge in [-0.2, -0.15) is 0 Å². The zero-order chi connectivity index (χ0) is 28.9. The van der Waals surface area contributed by atoms with E-state index in [4.69, 9.17) is 15.2 Å². The summed E-state index contributed by atoms with van der Waals surface area (Å²) in [6.07, 6.45) is 0.222. The molecule has 204 valence electrons. The van der Waals surface area contributed by atoms with E-state index >= 15 is 0 Å². The predicted octanol–water partition coefficient (Wildman–Crippen LogP) is 7.73. The van der Waals surface area contributed by atoms with E-state index in [1.165, 1.54) is 0 Å². The molecule has 0 spiro atoms. The average molecular weight is 535 g/mol. The SMILES string of the molecule is CC(=N/C(=C(\C)c1ccccc1)c1ccccc1)c1ccccc1-c1cccc(NCC(=O)O)c1.CCC(=O)O. The minimum absolute atomic E-state index is 0.129. The molecule has 0 radical (unpaired) electrons. The number of anilines is 1. The lowest BCUT2D eigenvalue weighted by Crippen LogP contribution is -2.12. The van der Waals surface area contributed by atoms with E-state index in [-0.39, 0.29) is 13.0 Å². The van der Waals surface area contributed by atoms with E-state index in [0.717, 1.165) is 50.5 Å². The Morgan fingerprint density at radius 2 is 1.30 bits per heavy atom. The van der Waals surface area contributed by atoms with Gasteiger partial charge in [-0.1, -0.05) is 104 Å². The van der Waals surface area contributed by atoms with Crippen LogP contribution in [0.1, 0.15) is 43.9 Å². The number of benzene rings is 4. The Morgan fingerprint density at radius 3 is 1.90 bits per heavy atom. The van der Waals surface area contributed by atoms with Crippen LogP contribution >= 0.6 is 0 Å². The molecule has 0 aromatic heterocycles. The Balaban J connectivity index is 0.000000810. The smallest absolute Gasteiger partial charge is 0.322 e. The van der Waals surface area contributed by atoms with E-state index in [1.54, 1.807) is 6.92 Å². The van der Waals surface area contributed by atoms with E-state index in [1.807, 2.05) is 79.7 Å². The number of aliphatic carboxylic acids is 2. The first-order chi connectivity index (χ1) is 19.3. The molecule has 6 nitrogen and oxygen atoms in total. The molecule has 0 saturated heterocycles. The van der Waals surface area contributed by atoms with Gasteiger partial charge in [-0.25, -0.2) is 0 Å². The van der Waals surface area contributed by atoms with Crippen LogP contribution in [0.3, 0.4) is 0 Å². The second kappa shape index (κ2) is 14.8. The molecule has 3 N–H and O–H groups in total. The normalized spacial score (nSPS) is 11.5. The lowest BCUT2D eigenvalue weighted by molar-refractivity contribution is -0.137. The maximum Gasteiger partial charge on any atom is 0.322 e. The monoisotopic (exact) mass is 534 g/mol. The molecule has 6 heteroatoms. The Bertz CT molecular complexity index is 1490. The summed E-state index contributed by atoms with van der Waals surface area (Å²) in [5, 5.41) is 19.7. The van der Waals surface area contributed by atoms with Crippen molar-refractivity contribution in [3.8, 4) is 11.1 Å². The van der Waals surface area contributed by atoms with Crippen LogP contribution in [-0.2, 0) is 9.59 Å². The summed E-state index contributed by atoms with van der Waals surface area (Å²) in [4.78, 5) is 25.5. The molecule has 0 atom stereocenters. The van der Waals surface area contributed by atoms with Crippen LogP contribution in [0.25, 0.3) is 22.4 Å². The molecule has 4 rings (SSSR count). The quantitative estimate of drug-likeness (QED) is 0.151. The number of carbonyl (C=O) groups is 2. The average Bonchev–Trinajstić information content (AvgIpc) is 2.99. The summed E-state index contributed by atoms with van der Waals surface area (Å²) in [5.74, 6) is -1.64. The summed E-state index contributed by atoms with van der Waals surface area (Å²) in [5.41, 5.74) is 8.95. The summed E-state index contributed by atoms with van der Waals surface area (Å²) in [7, 11) is 0. The standard InChI is InChI=1S/C31H28N2O2.C3H6O2/c1-22(24-12-5-3-6-13-24)31(25-14-7-4-8-15-25)33-23(2)28-18-9-10-19-29(28)26-16-11-17-27(20-26)32-21-30(34)35;1-2-3(4)5/h3-20,32H,21H2,1-2H3,(H,34,35);2H2,1H3,(H,4,5)/b31-22+,33-23?;. The Labute approximate surface area is 235 Å². The van der Waals surface area contributed by atoms with Crippen molar-refractivity contribution in [2.24, 2.45) is 4.99 Å². The molecule has 0 bridgehead atoms. The van der Waals surface area contributed by atoms with Gasteiger partial charge in [0.2, 0.25) is 0 Å². The van der Waals surface area contributed by atoms with Crippen molar-refractivity contribution >= 4 is 34.6 Å². The van der Waals surface area contributed by atoms with E-state index in [2.05, 4.69) is 48.6 Å². The number of allylic oxidation sites excluding steroid dienone is 1. The number of hydrogen-bond acceptors (Lipinski definition) is 4. The van der Waals surface area contributed by atoms with Crippen molar-refractivity contribution < 1.29 is 19.8 Å². The third-order valence-electron chi connectivity index (χ3n) is 6.13. The number of aliphatic imine (C=N–C) groups is 1. The van der Waals surface area contributed by atoms with Gasteiger partial charge < -0.3 is 15.5 Å².